The minimum absolute atomic E-state index is 0.0631. The topological polar surface area (TPSA) is 37.3 Å². The zero-order chi connectivity index (χ0) is 15.8. The van der Waals surface area contributed by atoms with Gasteiger partial charge in [-0.2, -0.15) is 0 Å². The molecule has 21 heavy (non-hydrogen) atoms. The van der Waals surface area contributed by atoms with E-state index >= 15 is 0 Å². The van der Waals surface area contributed by atoms with Gasteiger partial charge in [-0.25, -0.2) is 8.78 Å². The molecule has 0 bridgehead atoms. The third kappa shape index (κ3) is 3.60. The molecule has 1 fully saturated rings. The Morgan fingerprint density at radius 2 is 1.71 bits per heavy atom. The molecular weight excluding hydrogens is 274 g/mol. The Labute approximate surface area is 124 Å². The first-order valence-electron chi connectivity index (χ1n) is 7.37. The fraction of sp³-hybridized carbons (Fsp3) is 0.588. The Morgan fingerprint density at radius 3 is 2.19 bits per heavy atom. The maximum absolute atomic E-state index is 13.5. The summed E-state index contributed by atoms with van der Waals surface area (Å²) in [5, 5.41) is 9.41. The molecule has 1 aromatic carbocycles. The number of hydrogen-bond acceptors (Lipinski definition) is 1. The molecular formula is C17H22F2O2. The average molecular weight is 296 g/mol. The summed E-state index contributed by atoms with van der Waals surface area (Å²) in [5.41, 5.74) is 0.530. The van der Waals surface area contributed by atoms with Crippen LogP contribution in [0.1, 0.15) is 51.5 Å². The Balaban J connectivity index is 2.36. The number of carboxylic acids is 1. The summed E-state index contributed by atoms with van der Waals surface area (Å²) in [6, 6.07) is 3.37. The van der Waals surface area contributed by atoms with Crippen LogP contribution in [0, 0.1) is 28.9 Å². The van der Waals surface area contributed by atoms with Crippen molar-refractivity contribution in [3.8, 4) is 0 Å². The number of carboxylic acid groups (broad SMARTS) is 1. The third-order valence-electron chi connectivity index (χ3n) is 4.71. The van der Waals surface area contributed by atoms with E-state index in [-0.39, 0.29) is 11.3 Å². The predicted molar refractivity (Wildman–Crippen MR) is 77.0 cm³/mol. The van der Waals surface area contributed by atoms with Crippen LogP contribution in [0.25, 0.3) is 0 Å². The fourth-order valence-electron chi connectivity index (χ4n) is 3.41. The van der Waals surface area contributed by atoms with Crippen molar-refractivity contribution in [1.29, 1.82) is 0 Å². The lowest BCUT2D eigenvalue weighted by molar-refractivity contribution is -0.144. The quantitative estimate of drug-likeness (QED) is 0.866. The molecule has 1 aliphatic carbocycles. The van der Waals surface area contributed by atoms with Crippen LogP contribution < -0.4 is 0 Å². The first kappa shape index (κ1) is 15.9. The van der Waals surface area contributed by atoms with Crippen LogP contribution in [0.15, 0.2) is 18.2 Å². The second-order valence-corrected chi connectivity index (χ2v) is 7.13. The van der Waals surface area contributed by atoms with Gasteiger partial charge in [-0.1, -0.05) is 20.8 Å². The lowest BCUT2D eigenvalue weighted by Crippen LogP contribution is -2.34. The highest BCUT2D eigenvalue weighted by atomic mass is 19.1. The smallest absolute Gasteiger partial charge is 0.307 e. The summed E-state index contributed by atoms with van der Waals surface area (Å²) in [4.78, 5) is 11.5. The zero-order valence-corrected chi connectivity index (χ0v) is 12.7. The standard InChI is InChI=1S/C17H22F2O2/c1-17(2,3)11-4-5-14(16(20)21)15(8-11)10-6-12(18)9-13(19)7-10/h6-7,9,11,14-15H,4-5,8H2,1-3H3,(H,20,21). The van der Waals surface area contributed by atoms with Crippen molar-refractivity contribution in [2.24, 2.45) is 17.3 Å². The molecule has 1 N–H and O–H groups in total. The van der Waals surface area contributed by atoms with Crippen LogP contribution in [0.2, 0.25) is 0 Å². The molecule has 0 aromatic heterocycles. The summed E-state index contributed by atoms with van der Waals surface area (Å²) in [5.74, 6) is -2.71. The van der Waals surface area contributed by atoms with Crippen LogP contribution in [0.3, 0.4) is 0 Å². The van der Waals surface area contributed by atoms with E-state index in [1.807, 2.05) is 0 Å². The molecule has 4 heteroatoms. The molecule has 3 atom stereocenters. The van der Waals surface area contributed by atoms with E-state index in [4.69, 9.17) is 0 Å². The summed E-state index contributed by atoms with van der Waals surface area (Å²) in [6.45, 7) is 6.38. The Morgan fingerprint density at radius 1 is 1.14 bits per heavy atom. The van der Waals surface area contributed by atoms with Gasteiger partial charge in [0.1, 0.15) is 11.6 Å². The number of rotatable bonds is 2. The van der Waals surface area contributed by atoms with Crippen molar-refractivity contribution in [3.63, 3.8) is 0 Å². The highest BCUT2D eigenvalue weighted by Crippen LogP contribution is 2.47. The van der Waals surface area contributed by atoms with Gasteiger partial charge in [-0.05, 0) is 54.2 Å². The van der Waals surface area contributed by atoms with E-state index < -0.39 is 23.5 Å². The second kappa shape index (κ2) is 5.74. The van der Waals surface area contributed by atoms with Gasteiger partial charge in [0, 0.05) is 6.07 Å². The van der Waals surface area contributed by atoms with Gasteiger partial charge in [0.15, 0.2) is 0 Å². The van der Waals surface area contributed by atoms with E-state index in [1.54, 1.807) is 0 Å². The van der Waals surface area contributed by atoms with Crippen molar-refractivity contribution in [1.82, 2.24) is 0 Å². The van der Waals surface area contributed by atoms with Crippen LogP contribution in [0.4, 0.5) is 8.78 Å². The molecule has 0 saturated heterocycles. The van der Waals surface area contributed by atoms with Crippen LogP contribution >= 0.6 is 0 Å². The number of aliphatic carboxylic acids is 1. The summed E-state index contributed by atoms with van der Waals surface area (Å²) < 4.78 is 26.9. The minimum atomic E-state index is -0.878. The van der Waals surface area contributed by atoms with Crippen molar-refractivity contribution in [2.45, 2.75) is 46.0 Å². The number of halogens is 2. The largest absolute Gasteiger partial charge is 0.481 e. The Bertz CT molecular complexity index is 514. The van der Waals surface area contributed by atoms with Crippen LogP contribution in [-0.2, 0) is 4.79 Å². The monoisotopic (exact) mass is 296 g/mol. The van der Waals surface area contributed by atoms with E-state index in [2.05, 4.69) is 20.8 Å². The number of benzene rings is 1. The number of hydrogen-bond donors (Lipinski definition) is 1. The molecule has 0 heterocycles. The van der Waals surface area contributed by atoms with Crippen LogP contribution in [-0.4, -0.2) is 11.1 Å². The van der Waals surface area contributed by atoms with Gasteiger partial charge in [-0.15, -0.1) is 0 Å². The molecule has 3 unspecified atom stereocenters. The Kier molecular flexibility index (Phi) is 4.35. The highest BCUT2D eigenvalue weighted by Gasteiger charge is 2.39. The SMILES string of the molecule is CC(C)(C)C1CCC(C(=O)O)C(c2cc(F)cc(F)c2)C1. The molecule has 1 saturated carbocycles. The lowest BCUT2D eigenvalue weighted by atomic mass is 9.64. The Hall–Kier alpha value is -1.45. The fourth-order valence-corrected chi connectivity index (χ4v) is 3.41. The first-order chi connectivity index (χ1) is 9.68. The minimum Gasteiger partial charge on any atom is -0.481 e. The molecule has 0 amide bonds. The normalized spacial score (nSPS) is 26.6. The van der Waals surface area contributed by atoms with E-state index in [9.17, 15) is 18.7 Å². The van der Waals surface area contributed by atoms with Crippen molar-refractivity contribution < 1.29 is 18.7 Å². The summed E-state index contributed by atoms with van der Waals surface area (Å²) >= 11 is 0. The van der Waals surface area contributed by atoms with Gasteiger partial charge in [-0.3, -0.25) is 4.79 Å². The first-order valence-corrected chi connectivity index (χ1v) is 7.37. The average Bonchev–Trinajstić information content (AvgIpc) is 2.35. The highest BCUT2D eigenvalue weighted by molar-refractivity contribution is 5.71. The third-order valence-corrected chi connectivity index (χ3v) is 4.71. The van der Waals surface area contributed by atoms with E-state index in [1.165, 1.54) is 12.1 Å². The summed E-state index contributed by atoms with van der Waals surface area (Å²) in [6.07, 6.45) is 2.05. The van der Waals surface area contributed by atoms with Gasteiger partial charge in [0.2, 0.25) is 0 Å². The van der Waals surface area contributed by atoms with E-state index in [0.717, 1.165) is 12.5 Å². The molecule has 0 radical (unpaired) electrons. The lowest BCUT2D eigenvalue weighted by Gasteiger charge is -2.40. The maximum Gasteiger partial charge on any atom is 0.307 e. The van der Waals surface area contributed by atoms with Crippen molar-refractivity contribution in [3.05, 3.63) is 35.4 Å². The molecule has 1 aromatic rings. The van der Waals surface area contributed by atoms with Crippen molar-refractivity contribution >= 4 is 5.97 Å². The second-order valence-electron chi connectivity index (χ2n) is 7.13. The molecule has 116 valence electrons. The van der Waals surface area contributed by atoms with E-state index in [0.29, 0.717) is 24.3 Å². The predicted octanol–water partition coefficient (Wildman–Crippen LogP) is 4.60. The van der Waals surface area contributed by atoms with Gasteiger partial charge >= 0.3 is 5.97 Å². The molecule has 0 spiro atoms. The van der Waals surface area contributed by atoms with Gasteiger partial charge in [0.25, 0.3) is 0 Å². The van der Waals surface area contributed by atoms with Gasteiger partial charge in [0.05, 0.1) is 5.92 Å². The summed E-state index contributed by atoms with van der Waals surface area (Å²) in [7, 11) is 0. The van der Waals surface area contributed by atoms with Crippen LogP contribution in [0.5, 0.6) is 0 Å². The maximum atomic E-state index is 13.5. The van der Waals surface area contributed by atoms with Crippen molar-refractivity contribution in [2.75, 3.05) is 0 Å². The molecule has 1 aliphatic rings. The molecule has 2 rings (SSSR count). The molecule has 2 nitrogen and oxygen atoms in total. The van der Waals surface area contributed by atoms with Gasteiger partial charge < -0.3 is 5.11 Å². The number of carbonyl (C=O) groups is 1. The zero-order valence-electron chi connectivity index (χ0n) is 12.7. The molecule has 0 aliphatic heterocycles.